The van der Waals surface area contributed by atoms with Gasteiger partial charge in [-0.2, -0.15) is 0 Å². The summed E-state index contributed by atoms with van der Waals surface area (Å²) < 4.78 is 5.67. The molecule has 1 rings (SSSR count). The molecule has 18 heavy (non-hydrogen) atoms. The number of amides is 1. The molecule has 0 saturated carbocycles. The lowest BCUT2D eigenvalue weighted by Crippen LogP contribution is -2.37. The van der Waals surface area contributed by atoms with Crippen molar-refractivity contribution < 1.29 is 9.53 Å². The van der Waals surface area contributed by atoms with E-state index in [1.165, 1.54) is 5.56 Å². The third-order valence-corrected chi connectivity index (χ3v) is 2.67. The van der Waals surface area contributed by atoms with E-state index in [2.05, 4.69) is 11.4 Å². The first kappa shape index (κ1) is 14.6. The molecule has 0 atom stereocenters. The number of carbonyl (C=O) groups excluding carboxylic acids is 1. The molecule has 0 unspecified atom stereocenters. The number of benzene rings is 1. The van der Waals surface area contributed by atoms with E-state index in [4.69, 9.17) is 4.74 Å². The first-order chi connectivity index (χ1) is 8.30. The van der Waals surface area contributed by atoms with E-state index < -0.39 is 0 Å². The Bertz CT molecular complexity index is 419. The molecule has 100 valence electrons. The van der Waals surface area contributed by atoms with Gasteiger partial charge in [0.2, 0.25) is 5.91 Å². The van der Waals surface area contributed by atoms with Gasteiger partial charge in [-0.15, -0.1) is 0 Å². The van der Waals surface area contributed by atoms with Crippen LogP contribution in [0.1, 0.15) is 31.9 Å². The molecular weight excluding hydrogens is 226 g/mol. The van der Waals surface area contributed by atoms with E-state index in [0.29, 0.717) is 13.2 Å². The molecule has 0 aromatic heterocycles. The molecule has 1 aromatic rings. The van der Waals surface area contributed by atoms with E-state index in [1.54, 1.807) is 0 Å². The summed E-state index contributed by atoms with van der Waals surface area (Å²) in [4.78, 5) is 11.6. The second-order valence-electron chi connectivity index (χ2n) is 5.62. The number of hydrogen-bond donors (Lipinski definition) is 1. The van der Waals surface area contributed by atoms with Crippen LogP contribution >= 0.6 is 0 Å². The fourth-order valence-corrected chi connectivity index (χ4v) is 1.45. The SMILES string of the molecule is Cc1ccc(C)c(OCCNC(=O)C(C)(C)C)c1. The van der Waals surface area contributed by atoms with E-state index in [9.17, 15) is 4.79 Å². The van der Waals surface area contributed by atoms with Gasteiger partial charge in [-0.05, 0) is 31.0 Å². The highest BCUT2D eigenvalue weighted by Crippen LogP contribution is 2.18. The summed E-state index contributed by atoms with van der Waals surface area (Å²) in [6.45, 7) is 10.8. The average molecular weight is 249 g/mol. The molecule has 0 saturated heterocycles. The highest BCUT2D eigenvalue weighted by Gasteiger charge is 2.20. The van der Waals surface area contributed by atoms with Gasteiger partial charge in [0.25, 0.3) is 0 Å². The third-order valence-electron chi connectivity index (χ3n) is 2.67. The maximum absolute atomic E-state index is 11.6. The molecule has 0 spiro atoms. The Balaban J connectivity index is 2.39. The zero-order valence-electron chi connectivity index (χ0n) is 12.0. The van der Waals surface area contributed by atoms with Crippen molar-refractivity contribution in [2.75, 3.05) is 13.2 Å². The minimum absolute atomic E-state index is 0.0482. The van der Waals surface area contributed by atoms with Crippen molar-refractivity contribution in [3.05, 3.63) is 29.3 Å². The number of carbonyl (C=O) groups is 1. The highest BCUT2D eigenvalue weighted by molar-refractivity contribution is 5.81. The molecule has 0 aliphatic heterocycles. The predicted molar refractivity (Wildman–Crippen MR) is 73.9 cm³/mol. The minimum atomic E-state index is -0.348. The van der Waals surface area contributed by atoms with Gasteiger partial charge < -0.3 is 10.1 Å². The fraction of sp³-hybridized carbons (Fsp3) is 0.533. The smallest absolute Gasteiger partial charge is 0.225 e. The second-order valence-corrected chi connectivity index (χ2v) is 5.62. The Kier molecular flexibility index (Phi) is 4.76. The van der Waals surface area contributed by atoms with Gasteiger partial charge in [0.15, 0.2) is 0 Å². The quantitative estimate of drug-likeness (QED) is 0.833. The summed E-state index contributed by atoms with van der Waals surface area (Å²) in [5, 5.41) is 2.86. The van der Waals surface area contributed by atoms with Crippen LogP contribution in [0.25, 0.3) is 0 Å². The van der Waals surface area contributed by atoms with Crippen LogP contribution in [-0.4, -0.2) is 19.1 Å². The Morgan fingerprint density at radius 1 is 1.28 bits per heavy atom. The van der Waals surface area contributed by atoms with Crippen LogP contribution < -0.4 is 10.1 Å². The van der Waals surface area contributed by atoms with Crippen LogP contribution in [0.5, 0.6) is 5.75 Å². The largest absolute Gasteiger partial charge is 0.491 e. The molecule has 0 bridgehead atoms. The Hall–Kier alpha value is -1.51. The maximum Gasteiger partial charge on any atom is 0.225 e. The molecule has 0 aliphatic rings. The first-order valence-electron chi connectivity index (χ1n) is 6.29. The van der Waals surface area contributed by atoms with Crippen molar-refractivity contribution in [1.29, 1.82) is 0 Å². The number of hydrogen-bond acceptors (Lipinski definition) is 2. The van der Waals surface area contributed by atoms with Crippen molar-refractivity contribution in [3.63, 3.8) is 0 Å². The van der Waals surface area contributed by atoms with Crippen LogP contribution in [0, 0.1) is 19.3 Å². The van der Waals surface area contributed by atoms with Gasteiger partial charge in [0.1, 0.15) is 12.4 Å². The molecule has 1 aromatic carbocycles. The number of aryl methyl sites for hydroxylation is 2. The molecule has 1 N–H and O–H groups in total. The minimum Gasteiger partial charge on any atom is -0.491 e. The molecule has 0 heterocycles. The summed E-state index contributed by atoms with van der Waals surface area (Å²) >= 11 is 0. The zero-order valence-corrected chi connectivity index (χ0v) is 12.0. The summed E-state index contributed by atoms with van der Waals surface area (Å²) in [6.07, 6.45) is 0. The van der Waals surface area contributed by atoms with Crippen LogP contribution in [-0.2, 0) is 4.79 Å². The topological polar surface area (TPSA) is 38.3 Å². The molecule has 1 amide bonds. The van der Waals surface area contributed by atoms with Crippen molar-refractivity contribution in [2.24, 2.45) is 5.41 Å². The van der Waals surface area contributed by atoms with Gasteiger partial charge in [0, 0.05) is 5.41 Å². The standard InChI is InChI=1S/C15H23NO2/c1-11-6-7-12(2)13(10-11)18-9-8-16-14(17)15(3,4)5/h6-7,10H,8-9H2,1-5H3,(H,16,17). The zero-order chi connectivity index (χ0) is 13.8. The van der Waals surface area contributed by atoms with Crippen molar-refractivity contribution in [1.82, 2.24) is 5.32 Å². The molecule has 0 fully saturated rings. The maximum atomic E-state index is 11.6. The van der Waals surface area contributed by atoms with E-state index in [1.807, 2.05) is 46.8 Å². The summed E-state index contributed by atoms with van der Waals surface area (Å²) in [5.41, 5.74) is 1.94. The first-order valence-corrected chi connectivity index (χ1v) is 6.29. The molecular formula is C15H23NO2. The highest BCUT2D eigenvalue weighted by atomic mass is 16.5. The van der Waals surface area contributed by atoms with Gasteiger partial charge in [0.05, 0.1) is 6.54 Å². The molecule has 0 aliphatic carbocycles. The van der Waals surface area contributed by atoms with Crippen LogP contribution in [0.2, 0.25) is 0 Å². The Morgan fingerprint density at radius 2 is 1.94 bits per heavy atom. The fourth-order valence-electron chi connectivity index (χ4n) is 1.45. The average Bonchev–Trinajstić information content (AvgIpc) is 2.27. The third kappa shape index (κ3) is 4.40. The predicted octanol–water partition coefficient (Wildman–Crippen LogP) is 2.84. The lowest BCUT2D eigenvalue weighted by Gasteiger charge is -2.18. The molecule has 3 heteroatoms. The monoisotopic (exact) mass is 249 g/mol. The number of nitrogens with one attached hydrogen (secondary N) is 1. The summed E-state index contributed by atoms with van der Waals surface area (Å²) in [5.74, 6) is 0.937. The van der Waals surface area contributed by atoms with Gasteiger partial charge in [-0.3, -0.25) is 4.79 Å². The van der Waals surface area contributed by atoms with Crippen molar-refractivity contribution in [3.8, 4) is 5.75 Å². The van der Waals surface area contributed by atoms with Crippen molar-refractivity contribution in [2.45, 2.75) is 34.6 Å². The second kappa shape index (κ2) is 5.89. The lowest BCUT2D eigenvalue weighted by atomic mass is 9.96. The van der Waals surface area contributed by atoms with Gasteiger partial charge >= 0.3 is 0 Å². The lowest BCUT2D eigenvalue weighted by molar-refractivity contribution is -0.128. The van der Waals surface area contributed by atoms with E-state index in [0.717, 1.165) is 11.3 Å². The molecule has 3 nitrogen and oxygen atoms in total. The van der Waals surface area contributed by atoms with Crippen LogP contribution in [0.4, 0.5) is 0 Å². The van der Waals surface area contributed by atoms with Gasteiger partial charge in [-0.25, -0.2) is 0 Å². The normalized spacial score (nSPS) is 11.2. The van der Waals surface area contributed by atoms with Crippen LogP contribution in [0.3, 0.4) is 0 Å². The Morgan fingerprint density at radius 3 is 2.56 bits per heavy atom. The van der Waals surface area contributed by atoms with Crippen molar-refractivity contribution >= 4 is 5.91 Å². The van der Waals surface area contributed by atoms with E-state index in [-0.39, 0.29) is 11.3 Å². The van der Waals surface area contributed by atoms with Crippen LogP contribution in [0.15, 0.2) is 18.2 Å². The summed E-state index contributed by atoms with van der Waals surface area (Å²) in [7, 11) is 0. The van der Waals surface area contributed by atoms with E-state index >= 15 is 0 Å². The Labute approximate surface area is 110 Å². The molecule has 0 radical (unpaired) electrons. The van der Waals surface area contributed by atoms with Gasteiger partial charge in [-0.1, -0.05) is 32.9 Å². The number of rotatable bonds is 4. The number of ether oxygens (including phenoxy) is 1. The summed E-state index contributed by atoms with van der Waals surface area (Å²) in [6, 6.07) is 6.11.